The highest BCUT2D eigenvalue weighted by Crippen LogP contribution is 2.30. The lowest BCUT2D eigenvalue weighted by atomic mass is 9.99. The Labute approximate surface area is 116 Å². The van der Waals surface area contributed by atoms with E-state index in [0.29, 0.717) is 11.7 Å². The average Bonchev–Trinajstić information content (AvgIpc) is 2.84. The van der Waals surface area contributed by atoms with E-state index in [9.17, 15) is 14.5 Å². The van der Waals surface area contributed by atoms with Gasteiger partial charge in [-0.25, -0.2) is 4.39 Å². The predicted octanol–water partition coefficient (Wildman–Crippen LogP) is 2.77. The summed E-state index contributed by atoms with van der Waals surface area (Å²) < 4.78 is 13.9. The van der Waals surface area contributed by atoms with Gasteiger partial charge in [-0.05, 0) is 31.9 Å². The van der Waals surface area contributed by atoms with Crippen LogP contribution >= 0.6 is 0 Å². The summed E-state index contributed by atoms with van der Waals surface area (Å²) in [6, 6.07) is 4.51. The number of hydrogen-bond donors (Lipinski definition) is 1. The van der Waals surface area contributed by atoms with Gasteiger partial charge in [0.25, 0.3) is 5.69 Å². The fourth-order valence-corrected chi connectivity index (χ4v) is 3.35. The van der Waals surface area contributed by atoms with Crippen LogP contribution in [-0.2, 0) is 0 Å². The van der Waals surface area contributed by atoms with Gasteiger partial charge in [0.1, 0.15) is 0 Å². The van der Waals surface area contributed by atoms with Gasteiger partial charge in [-0.1, -0.05) is 6.42 Å². The molecule has 0 aromatic heterocycles. The number of piperidine rings is 1. The minimum Gasteiger partial charge on any atom is -0.378 e. The first-order chi connectivity index (χ1) is 9.65. The second kappa shape index (κ2) is 5.36. The fourth-order valence-electron chi connectivity index (χ4n) is 3.35. The number of hydrogen-bond acceptors (Lipinski definition) is 4. The minimum atomic E-state index is -0.578. The molecule has 108 valence electrons. The molecular formula is C14H18FN3O2. The van der Waals surface area contributed by atoms with Crippen molar-refractivity contribution in [1.29, 1.82) is 0 Å². The fraction of sp³-hybridized carbons (Fsp3) is 0.571. The predicted molar refractivity (Wildman–Crippen MR) is 74.3 cm³/mol. The molecule has 0 aliphatic carbocycles. The quantitative estimate of drug-likeness (QED) is 0.682. The highest BCUT2D eigenvalue weighted by molar-refractivity contribution is 5.51. The SMILES string of the molecule is O=[N+]([O-])c1ccc(NC2CCN3CCCCC23)c(F)c1. The maximum Gasteiger partial charge on any atom is 0.272 e. The summed E-state index contributed by atoms with van der Waals surface area (Å²) in [6.07, 6.45) is 4.62. The van der Waals surface area contributed by atoms with Crippen molar-refractivity contribution in [3.8, 4) is 0 Å². The van der Waals surface area contributed by atoms with Crippen LogP contribution in [0.2, 0.25) is 0 Å². The lowest BCUT2D eigenvalue weighted by Gasteiger charge is -2.33. The number of benzene rings is 1. The Balaban J connectivity index is 1.73. The Morgan fingerprint density at radius 1 is 1.30 bits per heavy atom. The first kappa shape index (κ1) is 13.3. The molecule has 0 radical (unpaired) electrons. The second-order valence-electron chi connectivity index (χ2n) is 5.56. The number of rotatable bonds is 3. The molecule has 2 saturated heterocycles. The van der Waals surface area contributed by atoms with E-state index in [4.69, 9.17) is 0 Å². The Morgan fingerprint density at radius 2 is 2.15 bits per heavy atom. The van der Waals surface area contributed by atoms with Gasteiger partial charge in [0.15, 0.2) is 5.82 Å². The van der Waals surface area contributed by atoms with Gasteiger partial charge in [-0.15, -0.1) is 0 Å². The van der Waals surface area contributed by atoms with Crippen LogP contribution in [0.5, 0.6) is 0 Å². The molecule has 1 aromatic rings. The summed E-state index contributed by atoms with van der Waals surface area (Å²) in [6.45, 7) is 2.18. The van der Waals surface area contributed by atoms with Crippen molar-refractivity contribution >= 4 is 11.4 Å². The molecule has 20 heavy (non-hydrogen) atoms. The molecule has 1 aromatic carbocycles. The van der Waals surface area contributed by atoms with Crippen LogP contribution in [0, 0.1) is 15.9 Å². The zero-order chi connectivity index (χ0) is 14.1. The molecule has 3 rings (SSSR count). The standard InChI is InChI=1S/C14H18FN3O2/c15-11-9-10(18(19)20)4-5-12(11)16-13-6-8-17-7-2-1-3-14(13)17/h4-5,9,13-14,16H,1-3,6-8H2. The van der Waals surface area contributed by atoms with Gasteiger partial charge in [-0.2, -0.15) is 0 Å². The summed E-state index contributed by atoms with van der Waals surface area (Å²) in [5.74, 6) is -0.548. The molecule has 0 amide bonds. The first-order valence-electron chi connectivity index (χ1n) is 7.09. The molecule has 0 saturated carbocycles. The monoisotopic (exact) mass is 279 g/mol. The van der Waals surface area contributed by atoms with Gasteiger partial charge in [-0.3, -0.25) is 15.0 Å². The van der Waals surface area contributed by atoms with E-state index in [1.807, 2.05) is 0 Å². The van der Waals surface area contributed by atoms with Crippen LogP contribution in [0.1, 0.15) is 25.7 Å². The first-order valence-corrected chi connectivity index (χ1v) is 7.09. The van der Waals surface area contributed by atoms with Crippen LogP contribution in [0.4, 0.5) is 15.8 Å². The topological polar surface area (TPSA) is 58.4 Å². The van der Waals surface area contributed by atoms with Crippen molar-refractivity contribution < 1.29 is 9.31 Å². The summed E-state index contributed by atoms with van der Waals surface area (Å²) in [5, 5.41) is 13.8. The highest BCUT2D eigenvalue weighted by atomic mass is 19.1. The number of nitro benzene ring substituents is 1. The number of nitro groups is 1. The van der Waals surface area contributed by atoms with Gasteiger partial charge in [0, 0.05) is 24.7 Å². The van der Waals surface area contributed by atoms with Crippen molar-refractivity contribution in [2.75, 3.05) is 18.4 Å². The summed E-state index contributed by atoms with van der Waals surface area (Å²) >= 11 is 0. The molecule has 1 N–H and O–H groups in total. The molecule has 2 unspecified atom stereocenters. The molecular weight excluding hydrogens is 261 g/mol. The molecule has 0 spiro atoms. The molecule has 2 aliphatic rings. The third-order valence-corrected chi connectivity index (χ3v) is 4.36. The normalized spacial score (nSPS) is 26.2. The Hall–Kier alpha value is -1.69. The number of fused-ring (bicyclic) bond motifs is 1. The van der Waals surface area contributed by atoms with Crippen LogP contribution in [0.25, 0.3) is 0 Å². The van der Waals surface area contributed by atoms with Crippen molar-refractivity contribution in [3.63, 3.8) is 0 Å². The van der Waals surface area contributed by atoms with E-state index >= 15 is 0 Å². The Kier molecular flexibility index (Phi) is 3.56. The molecule has 2 atom stereocenters. The molecule has 6 heteroatoms. The van der Waals surface area contributed by atoms with Crippen molar-refractivity contribution in [2.45, 2.75) is 37.8 Å². The van der Waals surface area contributed by atoms with E-state index in [1.54, 1.807) is 0 Å². The zero-order valence-electron chi connectivity index (χ0n) is 11.2. The van der Waals surface area contributed by atoms with Gasteiger partial charge in [0.2, 0.25) is 0 Å². The third kappa shape index (κ3) is 2.47. The average molecular weight is 279 g/mol. The smallest absolute Gasteiger partial charge is 0.272 e. The van der Waals surface area contributed by atoms with Crippen molar-refractivity contribution in [1.82, 2.24) is 4.90 Å². The van der Waals surface area contributed by atoms with Gasteiger partial charge in [0.05, 0.1) is 16.7 Å². The highest BCUT2D eigenvalue weighted by Gasteiger charge is 2.35. The van der Waals surface area contributed by atoms with Crippen LogP contribution in [0.15, 0.2) is 18.2 Å². The summed E-state index contributed by atoms with van der Waals surface area (Å²) in [4.78, 5) is 12.5. The molecule has 2 fully saturated rings. The molecule has 0 bridgehead atoms. The van der Waals surface area contributed by atoms with E-state index in [-0.39, 0.29) is 11.7 Å². The number of anilines is 1. The summed E-state index contributed by atoms with van der Waals surface area (Å²) in [5.41, 5.74) is 0.159. The second-order valence-corrected chi connectivity index (χ2v) is 5.56. The maximum absolute atomic E-state index is 13.9. The van der Waals surface area contributed by atoms with Crippen molar-refractivity contribution in [3.05, 3.63) is 34.1 Å². The Bertz CT molecular complexity index is 523. The third-order valence-electron chi connectivity index (χ3n) is 4.36. The molecule has 2 aliphatic heterocycles. The lowest BCUT2D eigenvalue weighted by molar-refractivity contribution is -0.385. The maximum atomic E-state index is 13.9. The van der Waals surface area contributed by atoms with Gasteiger partial charge < -0.3 is 5.32 Å². The van der Waals surface area contributed by atoms with E-state index in [0.717, 1.165) is 32.0 Å². The van der Waals surface area contributed by atoms with Crippen LogP contribution < -0.4 is 5.32 Å². The van der Waals surface area contributed by atoms with E-state index < -0.39 is 10.7 Å². The summed E-state index contributed by atoms with van der Waals surface area (Å²) in [7, 11) is 0. The number of non-ortho nitro benzene ring substituents is 1. The van der Waals surface area contributed by atoms with E-state index in [2.05, 4.69) is 10.2 Å². The molecule has 5 nitrogen and oxygen atoms in total. The van der Waals surface area contributed by atoms with Crippen LogP contribution in [0.3, 0.4) is 0 Å². The van der Waals surface area contributed by atoms with E-state index in [1.165, 1.54) is 25.0 Å². The van der Waals surface area contributed by atoms with Crippen molar-refractivity contribution in [2.24, 2.45) is 0 Å². The largest absolute Gasteiger partial charge is 0.378 e. The zero-order valence-corrected chi connectivity index (χ0v) is 11.2. The Morgan fingerprint density at radius 3 is 2.90 bits per heavy atom. The number of nitrogens with one attached hydrogen (secondary N) is 1. The number of nitrogens with zero attached hydrogens (tertiary/aromatic N) is 2. The van der Waals surface area contributed by atoms with Gasteiger partial charge >= 0.3 is 0 Å². The minimum absolute atomic E-state index is 0.209. The lowest BCUT2D eigenvalue weighted by Crippen LogP contribution is -2.41. The molecule has 2 heterocycles. The van der Waals surface area contributed by atoms with Crippen LogP contribution in [-0.4, -0.2) is 35.0 Å². The number of halogens is 1.